The van der Waals surface area contributed by atoms with Crippen LogP contribution in [0, 0.1) is 0 Å². The fourth-order valence-electron chi connectivity index (χ4n) is 2.96. The monoisotopic (exact) mass is 286 g/mol. The third-order valence-electron chi connectivity index (χ3n) is 4.12. The molecule has 116 valence electrons. The van der Waals surface area contributed by atoms with Crippen LogP contribution in [0.3, 0.4) is 0 Å². The molecule has 1 aromatic carbocycles. The molecular formula is C19H30N2. The summed E-state index contributed by atoms with van der Waals surface area (Å²) in [5, 5.41) is 4.91. The molecule has 1 N–H and O–H groups in total. The van der Waals surface area contributed by atoms with Gasteiger partial charge in [0.1, 0.15) is 0 Å². The standard InChI is InChI=1S/C19H30N2/c1-3-5-6-7-8-14-21-15-12-17-10-9-11-18(19(17)21)16-20-13-4-2/h9-12,15,20H,3-8,13-14,16H2,1-2H3. The Morgan fingerprint density at radius 3 is 2.62 bits per heavy atom. The van der Waals surface area contributed by atoms with Gasteiger partial charge in [-0.05, 0) is 36.4 Å². The number of aryl methyl sites for hydroxylation is 1. The van der Waals surface area contributed by atoms with Crippen molar-refractivity contribution in [1.29, 1.82) is 0 Å². The minimum atomic E-state index is 0.977. The quantitative estimate of drug-likeness (QED) is 0.600. The predicted octanol–water partition coefficient (Wildman–Crippen LogP) is 5.11. The molecule has 0 spiro atoms. The number of hydrogen-bond donors (Lipinski definition) is 1. The van der Waals surface area contributed by atoms with E-state index in [4.69, 9.17) is 0 Å². The second-order valence-corrected chi connectivity index (χ2v) is 5.96. The van der Waals surface area contributed by atoms with Crippen LogP contribution in [0.5, 0.6) is 0 Å². The smallest absolute Gasteiger partial charge is 0.0525 e. The zero-order valence-electron chi connectivity index (χ0n) is 13.7. The van der Waals surface area contributed by atoms with Crippen molar-refractivity contribution in [1.82, 2.24) is 9.88 Å². The molecule has 2 aromatic rings. The summed E-state index contributed by atoms with van der Waals surface area (Å²) >= 11 is 0. The van der Waals surface area contributed by atoms with Gasteiger partial charge in [-0.3, -0.25) is 0 Å². The Morgan fingerprint density at radius 1 is 0.952 bits per heavy atom. The van der Waals surface area contributed by atoms with Gasteiger partial charge >= 0.3 is 0 Å². The third kappa shape index (κ3) is 4.60. The van der Waals surface area contributed by atoms with Crippen molar-refractivity contribution in [3.05, 3.63) is 36.0 Å². The fourth-order valence-corrected chi connectivity index (χ4v) is 2.96. The number of aromatic nitrogens is 1. The highest BCUT2D eigenvalue weighted by Gasteiger charge is 2.06. The lowest BCUT2D eigenvalue weighted by Gasteiger charge is -2.11. The summed E-state index contributed by atoms with van der Waals surface area (Å²) in [4.78, 5) is 0. The molecule has 2 rings (SSSR count). The number of fused-ring (bicyclic) bond motifs is 1. The predicted molar refractivity (Wildman–Crippen MR) is 92.7 cm³/mol. The highest BCUT2D eigenvalue weighted by atomic mass is 15.0. The third-order valence-corrected chi connectivity index (χ3v) is 4.12. The zero-order valence-corrected chi connectivity index (χ0v) is 13.7. The second-order valence-electron chi connectivity index (χ2n) is 5.96. The summed E-state index contributed by atoms with van der Waals surface area (Å²) in [5.41, 5.74) is 2.86. The van der Waals surface area contributed by atoms with E-state index in [-0.39, 0.29) is 0 Å². The molecule has 0 saturated heterocycles. The molecule has 0 amide bonds. The molecule has 0 aliphatic heterocycles. The zero-order chi connectivity index (χ0) is 14.9. The van der Waals surface area contributed by atoms with Crippen LogP contribution in [0.4, 0.5) is 0 Å². The number of rotatable bonds is 10. The van der Waals surface area contributed by atoms with E-state index in [1.54, 1.807) is 0 Å². The van der Waals surface area contributed by atoms with Crippen LogP contribution in [-0.2, 0) is 13.1 Å². The van der Waals surface area contributed by atoms with E-state index in [1.807, 2.05) is 0 Å². The molecule has 0 radical (unpaired) electrons. The maximum atomic E-state index is 3.53. The van der Waals surface area contributed by atoms with Crippen LogP contribution in [0.25, 0.3) is 10.9 Å². The SMILES string of the molecule is CCCCCCCn1ccc2cccc(CNCCC)c21. The number of unbranched alkanes of at least 4 members (excludes halogenated alkanes) is 4. The van der Waals surface area contributed by atoms with Crippen molar-refractivity contribution in [2.24, 2.45) is 0 Å². The average molecular weight is 286 g/mol. The van der Waals surface area contributed by atoms with Gasteiger partial charge < -0.3 is 9.88 Å². The number of hydrogen-bond acceptors (Lipinski definition) is 1. The Bertz CT molecular complexity index is 527. The van der Waals surface area contributed by atoms with E-state index in [0.29, 0.717) is 0 Å². The lowest BCUT2D eigenvalue weighted by Crippen LogP contribution is -2.14. The summed E-state index contributed by atoms with van der Waals surface area (Å²) in [7, 11) is 0. The van der Waals surface area contributed by atoms with Gasteiger partial charge in [0.05, 0.1) is 5.52 Å². The van der Waals surface area contributed by atoms with Crippen molar-refractivity contribution in [3.63, 3.8) is 0 Å². The van der Waals surface area contributed by atoms with Gasteiger partial charge in [-0.2, -0.15) is 0 Å². The van der Waals surface area contributed by atoms with Gasteiger partial charge in [0, 0.05) is 19.3 Å². The topological polar surface area (TPSA) is 17.0 Å². The maximum absolute atomic E-state index is 3.53. The molecule has 21 heavy (non-hydrogen) atoms. The van der Waals surface area contributed by atoms with E-state index < -0.39 is 0 Å². The van der Waals surface area contributed by atoms with Crippen molar-refractivity contribution in [3.8, 4) is 0 Å². The van der Waals surface area contributed by atoms with E-state index in [9.17, 15) is 0 Å². The summed E-state index contributed by atoms with van der Waals surface area (Å²) in [5.74, 6) is 0. The van der Waals surface area contributed by atoms with Crippen LogP contribution in [0.1, 0.15) is 57.9 Å². The normalized spacial score (nSPS) is 11.3. The lowest BCUT2D eigenvalue weighted by molar-refractivity contribution is 0.576. The maximum Gasteiger partial charge on any atom is 0.0525 e. The Labute approximate surface area is 129 Å². The first kappa shape index (κ1) is 16.1. The van der Waals surface area contributed by atoms with Crippen LogP contribution >= 0.6 is 0 Å². The number of benzene rings is 1. The summed E-state index contributed by atoms with van der Waals surface area (Å²) < 4.78 is 2.45. The Morgan fingerprint density at radius 2 is 1.81 bits per heavy atom. The summed E-state index contributed by atoms with van der Waals surface area (Å²) in [6.07, 6.45) is 10.2. The molecule has 1 heterocycles. The average Bonchev–Trinajstić information content (AvgIpc) is 2.91. The van der Waals surface area contributed by atoms with Crippen LogP contribution in [0.2, 0.25) is 0 Å². The summed E-state index contributed by atoms with van der Waals surface area (Å²) in [6.45, 7) is 7.71. The Hall–Kier alpha value is -1.28. The Balaban J connectivity index is 2.01. The number of nitrogens with zero attached hydrogens (tertiary/aromatic N) is 1. The minimum absolute atomic E-state index is 0.977. The Kier molecular flexibility index (Phi) is 6.81. The van der Waals surface area contributed by atoms with E-state index in [1.165, 1.54) is 55.0 Å². The fraction of sp³-hybridized carbons (Fsp3) is 0.579. The number of para-hydroxylation sites is 1. The van der Waals surface area contributed by atoms with Gasteiger partial charge in [0.25, 0.3) is 0 Å². The van der Waals surface area contributed by atoms with E-state index >= 15 is 0 Å². The summed E-state index contributed by atoms with van der Waals surface area (Å²) in [6, 6.07) is 8.92. The molecular weight excluding hydrogens is 256 g/mol. The van der Waals surface area contributed by atoms with E-state index in [2.05, 4.69) is 54.2 Å². The first-order valence-electron chi connectivity index (χ1n) is 8.64. The van der Waals surface area contributed by atoms with Crippen molar-refractivity contribution in [2.75, 3.05) is 6.54 Å². The molecule has 0 aliphatic rings. The molecule has 0 bridgehead atoms. The molecule has 0 unspecified atom stereocenters. The molecule has 0 fully saturated rings. The van der Waals surface area contributed by atoms with Gasteiger partial charge in [0.2, 0.25) is 0 Å². The van der Waals surface area contributed by atoms with Gasteiger partial charge in [-0.1, -0.05) is 57.7 Å². The minimum Gasteiger partial charge on any atom is -0.347 e. The van der Waals surface area contributed by atoms with Crippen molar-refractivity contribution in [2.45, 2.75) is 65.5 Å². The number of nitrogens with one attached hydrogen (secondary N) is 1. The molecule has 1 aromatic heterocycles. The van der Waals surface area contributed by atoms with Crippen molar-refractivity contribution < 1.29 is 0 Å². The van der Waals surface area contributed by atoms with E-state index in [0.717, 1.165) is 19.6 Å². The highest BCUT2D eigenvalue weighted by molar-refractivity contribution is 5.83. The second kappa shape index (κ2) is 8.89. The van der Waals surface area contributed by atoms with Gasteiger partial charge in [-0.15, -0.1) is 0 Å². The molecule has 0 saturated carbocycles. The lowest BCUT2D eigenvalue weighted by atomic mass is 10.1. The first-order chi connectivity index (χ1) is 10.4. The molecule has 2 nitrogen and oxygen atoms in total. The van der Waals surface area contributed by atoms with Crippen molar-refractivity contribution >= 4 is 10.9 Å². The first-order valence-corrected chi connectivity index (χ1v) is 8.64. The molecule has 0 atom stereocenters. The highest BCUT2D eigenvalue weighted by Crippen LogP contribution is 2.21. The molecule has 2 heteroatoms. The molecule has 0 aliphatic carbocycles. The van der Waals surface area contributed by atoms with Gasteiger partial charge in [0.15, 0.2) is 0 Å². The van der Waals surface area contributed by atoms with Gasteiger partial charge in [-0.25, -0.2) is 0 Å². The van der Waals surface area contributed by atoms with Crippen LogP contribution < -0.4 is 5.32 Å². The largest absolute Gasteiger partial charge is 0.347 e. The van der Waals surface area contributed by atoms with Crippen LogP contribution in [0.15, 0.2) is 30.5 Å². The van der Waals surface area contributed by atoms with Crippen LogP contribution in [-0.4, -0.2) is 11.1 Å².